The molecule has 0 spiro atoms. The largest absolute Gasteiger partial charge is 0.462 e. The smallest absolute Gasteiger partial charge is 0.350 e. The van der Waals surface area contributed by atoms with Gasteiger partial charge in [0, 0.05) is 0 Å². The number of rotatable bonds is 5. The summed E-state index contributed by atoms with van der Waals surface area (Å²) in [5.74, 6) is -0.513. The molecule has 0 aromatic carbocycles. The molecule has 3 aromatic heterocycles. The summed E-state index contributed by atoms with van der Waals surface area (Å²) in [4.78, 5) is 32.3. The minimum Gasteiger partial charge on any atom is -0.462 e. The first-order chi connectivity index (χ1) is 12.1. The zero-order valence-electron chi connectivity index (χ0n) is 13.3. The number of aromatic nitrogens is 6. The van der Waals surface area contributed by atoms with Crippen LogP contribution < -0.4 is 5.32 Å². The Hall–Kier alpha value is -3.21. The molecule has 0 radical (unpaired) electrons. The van der Waals surface area contributed by atoms with E-state index in [2.05, 4.69) is 30.6 Å². The summed E-state index contributed by atoms with van der Waals surface area (Å²) in [7, 11) is 0. The number of hydrogen-bond acceptors (Lipinski definition) is 9. The monoisotopic (exact) mass is 359 g/mol. The first kappa shape index (κ1) is 16.6. The number of amides is 1. The van der Waals surface area contributed by atoms with Gasteiger partial charge in [-0.25, -0.2) is 19.4 Å². The molecule has 0 aliphatic carbocycles. The Kier molecular flexibility index (Phi) is 4.75. The number of nitrogens with one attached hydrogen (secondary N) is 1. The molecule has 0 aliphatic heterocycles. The predicted molar refractivity (Wildman–Crippen MR) is 87.7 cm³/mol. The number of hydrogen-bond donors (Lipinski definition) is 1. The lowest BCUT2D eigenvalue weighted by Crippen LogP contribution is -2.15. The quantitative estimate of drug-likeness (QED) is 0.675. The summed E-state index contributed by atoms with van der Waals surface area (Å²) in [6.07, 6.45) is 2.84. The summed E-state index contributed by atoms with van der Waals surface area (Å²) in [5.41, 5.74) is 0.598. The zero-order chi connectivity index (χ0) is 17.8. The minimum atomic E-state index is -0.484. The highest BCUT2D eigenvalue weighted by molar-refractivity contribution is 7.17. The molecule has 0 saturated carbocycles. The molecule has 11 heteroatoms. The summed E-state index contributed by atoms with van der Waals surface area (Å²) < 4.78 is 6.36. The number of anilines is 1. The molecule has 3 aromatic rings. The van der Waals surface area contributed by atoms with E-state index in [-0.39, 0.29) is 17.4 Å². The third-order valence-corrected chi connectivity index (χ3v) is 4.07. The molecule has 25 heavy (non-hydrogen) atoms. The average Bonchev–Trinajstić information content (AvgIpc) is 3.25. The maximum absolute atomic E-state index is 12.2. The topological polar surface area (TPSA) is 125 Å². The minimum absolute atomic E-state index is 0.106. The molecule has 0 unspecified atom stereocenters. The standard InChI is InChI=1S/C14H13N7O3S/c1-3-24-13(23)11-8(2)17-14(25-11)18-12(22)9-4-5-10(20-19-9)21-7-15-6-16-21/h4-7H,3H2,1-2H3,(H,17,18,22). The molecule has 1 N–H and O–H groups in total. The Morgan fingerprint density at radius 3 is 2.80 bits per heavy atom. The number of aryl methyl sites for hydroxylation is 1. The van der Waals surface area contributed by atoms with Crippen molar-refractivity contribution >= 4 is 28.3 Å². The zero-order valence-corrected chi connectivity index (χ0v) is 14.1. The van der Waals surface area contributed by atoms with E-state index in [9.17, 15) is 9.59 Å². The normalized spacial score (nSPS) is 10.5. The fraction of sp³-hybridized carbons (Fsp3) is 0.214. The van der Waals surface area contributed by atoms with Crippen molar-refractivity contribution in [2.75, 3.05) is 11.9 Å². The van der Waals surface area contributed by atoms with Crippen molar-refractivity contribution in [2.24, 2.45) is 0 Å². The van der Waals surface area contributed by atoms with Gasteiger partial charge in [0.2, 0.25) is 0 Å². The van der Waals surface area contributed by atoms with E-state index in [1.807, 2.05) is 0 Å². The highest BCUT2D eigenvalue weighted by atomic mass is 32.1. The third-order valence-electron chi connectivity index (χ3n) is 3.01. The second-order valence-electron chi connectivity index (χ2n) is 4.72. The van der Waals surface area contributed by atoms with Gasteiger partial charge in [-0.2, -0.15) is 5.10 Å². The van der Waals surface area contributed by atoms with Crippen LogP contribution in [0.25, 0.3) is 5.82 Å². The molecular weight excluding hydrogens is 346 g/mol. The van der Waals surface area contributed by atoms with Gasteiger partial charge >= 0.3 is 5.97 Å². The number of thiazole rings is 1. The molecule has 0 fully saturated rings. The number of esters is 1. The molecule has 0 atom stereocenters. The number of carbonyl (C=O) groups excluding carboxylic acids is 2. The highest BCUT2D eigenvalue weighted by Gasteiger charge is 2.18. The molecule has 0 aliphatic rings. The Morgan fingerprint density at radius 2 is 2.16 bits per heavy atom. The maximum atomic E-state index is 12.2. The first-order valence-corrected chi connectivity index (χ1v) is 8.04. The number of nitrogens with zero attached hydrogens (tertiary/aromatic N) is 6. The summed E-state index contributed by atoms with van der Waals surface area (Å²) >= 11 is 1.04. The summed E-state index contributed by atoms with van der Waals surface area (Å²) in [6.45, 7) is 3.66. The molecular formula is C14H13N7O3S. The van der Waals surface area contributed by atoms with E-state index in [0.29, 0.717) is 16.4 Å². The lowest BCUT2D eigenvalue weighted by Gasteiger charge is -2.01. The van der Waals surface area contributed by atoms with Crippen molar-refractivity contribution in [3.8, 4) is 5.82 Å². The first-order valence-electron chi connectivity index (χ1n) is 7.23. The number of ether oxygens (including phenoxy) is 1. The van der Waals surface area contributed by atoms with E-state index in [0.717, 1.165) is 11.3 Å². The molecule has 3 rings (SSSR count). The van der Waals surface area contributed by atoms with Crippen molar-refractivity contribution in [3.63, 3.8) is 0 Å². The molecule has 10 nitrogen and oxygen atoms in total. The van der Waals surface area contributed by atoms with Gasteiger partial charge in [-0.15, -0.1) is 10.2 Å². The highest BCUT2D eigenvalue weighted by Crippen LogP contribution is 2.23. The van der Waals surface area contributed by atoms with Crippen LogP contribution in [0.1, 0.15) is 32.8 Å². The predicted octanol–water partition coefficient (Wildman–Crippen LogP) is 1.25. The van der Waals surface area contributed by atoms with Gasteiger partial charge in [0.25, 0.3) is 5.91 Å². The Morgan fingerprint density at radius 1 is 1.32 bits per heavy atom. The van der Waals surface area contributed by atoms with Gasteiger partial charge in [0.1, 0.15) is 17.5 Å². The van der Waals surface area contributed by atoms with Crippen LogP contribution in [0, 0.1) is 6.92 Å². The van der Waals surface area contributed by atoms with Crippen LogP contribution in [-0.4, -0.2) is 48.4 Å². The van der Waals surface area contributed by atoms with Gasteiger partial charge < -0.3 is 4.74 Å². The average molecular weight is 359 g/mol. The Balaban J connectivity index is 1.72. The SMILES string of the molecule is CCOC(=O)c1sc(NC(=O)c2ccc(-n3cncn3)nn2)nc1C. The van der Waals surface area contributed by atoms with Gasteiger partial charge in [-0.1, -0.05) is 11.3 Å². The van der Waals surface area contributed by atoms with Crippen molar-refractivity contribution in [1.82, 2.24) is 29.9 Å². The van der Waals surface area contributed by atoms with E-state index < -0.39 is 11.9 Å². The summed E-state index contributed by atoms with van der Waals surface area (Å²) in [5, 5.41) is 14.6. The van der Waals surface area contributed by atoms with Gasteiger partial charge in [0.05, 0.1) is 12.3 Å². The lowest BCUT2D eigenvalue weighted by atomic mass is 10.3. The van der Waals surface area contributed by atoms with Gasteiger partial charge in [-0.05, 0) is 26.0 Å². The van der Waals surface area contributed by atoms with E-state index in [4.69, 9.17) is 4.74 Å². The van der Waals surface area contributed by atoms with Crippen molar-refractivity contribution in [1.29, 1.82) is 0 Å². The molecule has 128 valence electrons. The second-order valence-corrected chi connectivity index (χ2v) is 5.72. The van der Waals surface area contributed by atoms with E-state index in [1.165, 1.54) is 23.4 Å². The fourth-order valence-electron chi connectivity index (χ4n) is 1.89. The van der Waals surface area contributed by atoms with Crippen LogP contribution in [0.4, 0.5) is 5.13 Å². The van der Waals surface area contributed by atoms with Crippen LogP contribution in [0.5, 0.6) is 0 Å². The molecule has 1 amide bonds. The second kappa shape index (κ2) is 7.13. The van der Waals surface area contributed by atoms with Gasteiger partial charge in [0.15, 0.2) is 16.6 Å². The van der Waals surface area contributed by atoms with Crippen LogP contribution in [0.2, 0.25) is 0 Å². The third kappa shape index (κ3) is 3.66. The lowest BCUT2D eigenvalue weighted by molar-refractivity contribution is 0.0531. The van der Waals surface area contributed by atoms with Crippen molar-refractivity contribution < 1.29 is 14.3 Å². The Labute approximate surface area is 145 Å². The van der Waals surface area contributed by atoms with Crippen LogP contribution in [0.15, 0.2) is 24.8 Å². The molecule has 0 bridgehead atoms. The van der Waals surface area contributed by atoms with Crippen LogP contribution in [-0.2, 0) is 4.74 Å². The number of carbonyl (C=O) groups is 2. The Bertz CT molecular complexity index is 890. The summed E-state index contributed by atoms with van der Waals surface area (Å²) in [6, 6.07) is 3.10. The molecule has 0 saturated heterocycles. The van der Waals surface area contributed by atoms with Crippen molar-refractivity contribution in [2.45, 2.75) is 13.8 Å². The van der Waals surface area contributed by atoms with Crippen molar-refractivity contribution in [3.05, 3.63) is 41.1 Å². The molecule has 3 heterocycles. The van der Waals surface area contributed by atoms with E-state index in [1.54, 1.807) is 19.9 Å². The van der Waals surface area contributed by atoms with Gasteiger partial charge in [-0.3, -0.25) is 10.1 Å². The maximum Gasteiger partial charge on any atom is 0.350 e. The van der Waals surface area contributed by atoms with E-state index >= 15 is 0 Å². The fourth-order valence-corrected chi connectivity index (χ4v) is 2.75. The van der Waals surface area contributed by atoms with Crippen LogP contribution in [0.3, 0.4) is 0 Å². The van der Waals surface area contributed by atoms with Crippen LogP contribution >= 0.6 is 11.3 Å².